The van der Waals surface area contributed by atoms with Gasteiger partial charge in [0.15, 0.2) is 0 Å². The van der Waals surface area contributed by atoms with Crippen molar-refractivity contribution in [3.05, 3.63) is 41.2 Å². The highest BCUT2D eigenvalue weighted by Crippen LogP contribution is 2.20. The van der Waals surface area contributed by atoms with E-state index in [0.29, 0.717) is 0 Å². The van der Waals surface area contributed by atoms with Crippen LogP contribution in [-0.2, 0) is 6.42 Å². The third-order valence-electron chi connectivity index (χ3n) is 3.23. The van der Waals surface area contributed by atoms with E-state index in [-0.39, 0.29) is 0 Å². The van der Waals surface area contributed by atoms with E-state index < -0.39 is 0 Å². The zero-order valence-corrected chi connectivity index (χ0v) is 12.6. The van der Waals surface area contributed by atoms with Gasteiger partial charge in [0, 0.05) is 24.7 Å². The summed E-state index contributed by atoms with van der Waals surface area (Å²) in [6.45, 7) is 9.20. The van der Waals surface area contributed by atoms with Crippen molar-refractivity contribution in [3.8, 4) is 0 Å². The number of nitrogens with zero attached hydrogens (tertiary/aromatic N) is 2. The van der Waals surface area contributed by atoms with Gasteiger partial charge in [0.05, 0.1) is 0 Å². The average molecular weight is 270 g/mol. The van der Waals surface area contributed by atoms with Crippen molar-refractivity contribution >= 4 is 17.3 Å². The van der Waals surface area contributed by atoms with Crippen LogP contribution in [0.4, 0.5) is 17.3 Å². The number of anilines is 3. The standard InChI is InChI=1S/C16H22N4/c1-5-14-19-15(17-6-2)10-16(20-14)18-13-8-7-11(3)12(4)9-13/h7-10H,5-6H2,1-4H3,(H2,17,18,19,20). The summed E-state index contributed by atoms with van der Waals surface area (Å²) < 4.78 is 0. The Labute approximate surface area is 120 Å². The maximum absolute atomic E-state index is 4.52. The first-order valence-electron chi connectivity index (χ1n) is 7.08. The fraction of sp³-hybridized carbons (Fsp3) is 0.375. The van der Waals surface area contributed by atoms with Crippen LogP contribution < -0.4 is 10.6 Å². The van der Waals surface area contributed by atoms with E-state index >= 15 is 0 Å². The van der Waals surface area contributed by atoms with Crippen molar-refractivity contribution in [3.63, 3.8) is 0 Å². The molecule has 2 N–H and O–H groups in total. The smallest absolute Gasteiger partial charge is 0.136 e. The van der Waals surface area contributed by atoms with Crippen molar-refractivity contribution in [2.24, 2.45) is 0 Å². The van der Waals surface area contributed by atoms with Crippen molar-refractivity contribution in [1.82, 2.24) is 9.97 Å². The van der Waals surface area contributed by atoms with Gasteiger partial charge in [0.2, 0.25) is 0 Å². The first-order valence-corrected chi connectivity index (χ1v) is 7.08. The molecule has 0 saturated carbocycles. The van der Waals surface area contributed by atoms with E-state index in [1.165, 1.54) is 11.1 Å². The molecule has 0 aliphatic heterocycles. The number of aromatic nitrogens is 2. The Balaban J connectivity index is 2.27. The van der Waals surface area contributed by atoms with Crippen LogP contribution >= 0.6 is 0 Å². The third-order valence-corrected chi connectivity index (χ3v) is 3.23. The summed E-state index contributed by atoms with van der Waals surface area (Å²) in [5.41, 5.74) is 3.61. The number of aryl methyl sites for hydroxylation is 3. The summed E-state index contributed by atoms with van der Waals surface area (Å²) in [5.74, 6) is 2.54. The second-order valence-corrected chi connectivity index (χ2v) is 4.86. The zero-order valence-electron chi connectivity index (χ0n) is 12.6. The monoisotopic (exact) mass is 270 g/mol. The number of rotatable bonds is 5. The van der Waals surface area contributed by atoms with Gasteiger partial charge in [-0.2, -0.15) is 0 Å². The van der Waals surface area contributed by atoms with Gasteiger partial charge in [-0.3, -0.25) is 0 Å². The molecular weight excluding hydrogens is 248 g/mol. The molecule has 0 amide bonds. The molecule has 0 saturated heterocycles. The van der Waals surface area contributed by atoms with Gasteiger partial charge in [-0.1, -0.05) is 13.0 Å². The SMILES string of the molecule is CCNc1cc(Nc2ccc(C)c(C)c2)nc(CC)n1. The lowest BCUT2D eigenvalue weighted by Crippen LogP contribution is -2.05. The van der Waals surface area contributed by atoms with E-state index in [0.717, 1.165) is 36.1 Å². The van der Waals surface area contributed by atoms with Crippen molar-refractivity contribution in [1.29, 1.82) is 0 Å². The lowest BCUT2D eigenvalue weighted by molar-refractivity contribution is 0.939. The van der Waals surface area contributed by atoms with E-state index in [1.807, 2.05) is 6.07 Å². The minimum atomic E-state index is 0.820. The quantitative estimate of drug-likeness (QED) is 0.867. The first-order chi connectivity index (χ1) is 9.62. The van der Waals surface area contributed by atoms with E-state index in [2.05, 4.69) is 66.5 Å². The fourth-order valence-electron chi connectivity index (χ4n) is 1.96. The Morgan fingerprint density at radius 3 is 2.35 bits per heavy atom. The Morgan fingerprint density at radius 2 is 1.70 bits per heavy atom. The molecule has 2 aromatic rings. The normalized spacial score (nSPS) is 10.4. The number of hydrogen-bond donors (Lipinski definition) is 2. The minimum Gasteiger partial charge on any atom is -0.370 e. The molecule has 106 valence electrons. The maximum Gasteiger partial charge on any atom is 0.136 e. The van der Waals surface area contributed by atoms with Crippen LogP contribution in [0.1, 0.15) is 30.8 Å². The molecule has 0 unspecified atom stereocenters. The molecule has 0 radical (unpaired) electrons. The number of benzene rings is 1. The molecule has 1 heterocycles. The first kappa shape index (κ1) is 14.3. The highest BCUT2D eigenvalue weighted by molar-refractivity contribution is 5.60. The predicted molar refractivity (Wildman–Crippen MR) is 84.8 cm³/mol. The van der Waals surface area contributed by atoms with Gasteiger partial charge < -0.3 is 10.6 Å². The predicted octanol–water partition coefficient (Wildman–Crippen LogP) is 3.83. The van der Waals surface area contributed by atoms with Crippen molar-refractivity contribution in [2.45, 2.75) is 34.1 Å². The van der Waals surface area contributed by atoms with Crippen LogP contribution in [-0.4, -0.2) is 16.5 Å². The number of nitrogens with one attached hydrogen (secondary N) is 2. The van der Waals surface area contributed by atoms with Crippen LogP contribution in [0.25, 0.3) is 0 Å². The highest BCUT2D eigenvalue weighted by Gasteiger charge is 2.04. The Hall–Kier alpha value is -2.10. The van der Waals surface area contributed by atoms with E-state index in [4.69, 9.17) is 0 Å². The van der Waals surface area contributed by atoms with Crippen LogP contribution in [0.15, 0.2) is 24.3 Å². The van der Waals surface area contributed by atoms with Crippen molar-refractivity contribution in [2.75, 3.05) is 17.2 Å². The molecule has 0 atom stereocenters. The highest BCUT2D eigenvalue weighted by atomic mass is 15.1. The molecule has 0 aliphatic rings. The van der Waals surface area contributed by atoms with Gasteiger partial charge in [-0.25, -0.2) is 9.97 Å². The Kier molecular flexibility index (Phi) is 4.56. The van der Waals surface area contributed by atoms with Gasteiger partial charge in [-0.05, 0) is 44.0 Å². The molecule has 2 rings (SSSR count). The lowest BCUT2D eigenvalue weighted by Gasteiger charge is -2.11. The molecule has 0 spiro atoms. The summed E-state index contributed by atoms with van der Waals surface area (Å²) in [4.78, 5) is 8.97. The topological polar surface area (TPSA) is 49.8 Å². The molecule has 0 fully saturated rings. The van der Waals surface area contributed by atoms with Crippen LogP contribution in [0, 0.1) is 13.8 Å². The summed E-state index contributed by atoms with van der Waals surface area (Å²) in [6, 6.07) is 8.27. The lowest BCUT2D eigenvalue weighted by atomic mass is 10.1. The average Bonchev–Trinajstić information content (AvgIpc) is 2.43. The van der Waals surface area contributed by atoms with E-state index in [1.54, 1.807) is 0 Å². The van der Waals surface area contributed by atoms with Gasteiger partial charge in [0.1, 0.15) is 17.5 Å². The third kappa shape index (κ3) is 3.47. The van der Waals surface area contributed by atoms with Gasteiger partial charge in [-0.15, -0.1) is 0 Å². The molecular formula is C16H22N4. The molecule has 4 nitrogen and oxygen atoms in total. The molecule has 1 aromatic carbocycles. The summed E-state index contributed by atoms with van der Waals surface area (Å²) in [5, 5.41) is 6.59. The van der Waals surface area contributed by atoms with Crippen LogP contribution in [0.5, 0.6) is 0 Å². The molecule has 0 bridgehead atoms. The summed E-state index contributed by atoms with van der Waals surface area (Å²) >= 11 is 0. The maximum atomic E-state index is 4.52. The summed E-state index contributed by atoms with van der Waals surface area (Å²) in [6.07, 6.45) is 0.820. The van der Waals surface area contributed by atoms with Crippen molar-refractivity contribution < 1.29 is 0 Å². The van der Waals surface area contributed by atoms with Crippen LogP contribution in [0.2, 0.25) is 0 Å². The molecule has 20 heavy (non-hydrogen) atoms. The summed E-state index contributed by atoms with van der Waals surface area (Å²) in [7, 11) is 0. The van der Waals surface area contributed by atoms with Gasteiger partial charge in [0.25, 0.3) is 0 Å². The zero-order chi connectivity index (χ0) is 14.5. The van der Waals surface area contributed by atoms with E-state index in [9.17, 15) is 0 Å². The minimum absolute atomic E-state index is 0.820. The van der Waals surface area contributed by atoms with Crippen LogP contribution in [0.3, 0.4) is 0 Å². The molecule has 0 aliphatic carbocycles. The van der Waals surface area contributed by atoms with Gasteiger partial charge >= 0.3 is 0 Å². The largest absolute Gasteiger partial charge is 0.370 e. The molecule has 4 heteroatoms. The Morgan fingerprint density at radius 1 is 0.950 bits per heavy atom. The Bertz CT molecular complexity index is 593. The molecule has 1 aromatic heterocycles. The number of hydrogen-bond acceptors (Lipinski definition) is 4. The fourth-order valence-corrected chi connectivity index (χ4v) is 1.96. The second-order valence-electron chi connectivity index (χ2n) is 4.86. The second kappa shape index (κ2) is 6.37.